The summed E-state index contributed by atoms with van der Waals surface area (Å²) < 4.78 is 7.70. The molecule has 0 atom stereocenters. The van der Waals surface area contributed by atoms with E-state index in [4.69, 9.17) is 0 Å². The van der Waals surface area contributed by atoms with E-state index in [1.54, 1.807) is 0 Å². The average Bonchev–Trinajstić information content (AvgIpc) is 2.95. The number of nitrogens with one attached hydrogen (secondary N) is 1. The van der Waals surface area contributed by atoms with Crippen molar-refractivity contribution in [2.45, 2.75) is 0 Å². The molecule has 0 amide bonds. The molecule has 16 heavy (non-hydrogen) atoms. The minimum Gasteiger partial charge on any atom is -0.355 e. The van der Waals surface area contributed by atoms with E-state index < -0.39 is 0 Å². The van der Waals surface area contributed by atoms with Gasteiger partial charge in [0.15, 0.2) is 5.82 Å². The van der Waals surface area contributed by atoms with Crippen molar-refractivity contribution in [2.75, 3.05) is 0 Å². The van der Waals surface area contributed by atoms with E-state index in [2.05, 4.69) is 37.1 Å². The number of fused-ring (bicyclic) bond motifs is 1. The van der Waals surface area contributed by atoms with Gasteiger partial charge in [-0.1, -0.05) is 22.7 Å². The number of nitrogens with zero attached hydrogens (tertiary/aromatic N) is 3. The Morgan fingerprint density at radius 1 is 1.19 bits per heavy atom. The summed E-state index contributed by atoms with van der Waals surface area (Å²) in [5.41, 5.74) is 2.17. The van der Waals surface area contributed by atoms with Gasteiger partial charge in [0.1, 0.15) is 0 Å². The molecule has 0 spiro atoms. The number of rotatable bonds is 2. The highest BCUT2D eigenvalue weighted by Gasteiger charge is 1.97. The van der Waals surface area contributed by atoms with Gasteiger partial charge in [-0.3, -0.25) is 0 Å². The van der Waals surface area contributed by atoms with E-state index in [1.165, 1.54) is 5.39 Å². The van der Waals surface area contributed by atoms with Crippen LogP contribution in [0.25, 0.3) is 23.1 Å². The Bertz CT molecular complexity index is 591. The predicted octanol–water partition coefficient (Wildman–Crippen LogP) is 2.58. The van der Waals surface area contributed by atoms with Gasteiger partial charge in [0.25, 0.3) is 0 Å². The van der Waals surface area contributed by atoms with Crippen molar-refractivity contribution in [3.63, 3.8) is 0 Å². The van der Waals surface area contributed by atoms with Crippen LogP contribution in [-0.4, -0.2) is 18.9 Å². The first-order valence-corrected chi connectivity index (χ1v) is 5.56. The van der Waals surface area contributed by atoms with Crippen molar-refractivity contribution in [3.8, 4) is 0 Å². The van der Waals surface area contributed by atoms with Gasteiger partial charge in [0, 0.05) is 11.2 Å². The molecule has 5 heteroatoms. The first kappa shape index (κ1) is 9.23. The molecular formula is C11H8N4S. The summed E-state index contributed by atoms with van der Waals surface area (Å²) in [6, 6.07) is 10.3. The lowest BCUT2D eigenvalue weighted by Gasteiger charge is -1.84. The highest BCUT2D eigenvalue weighted by Crippen LogP contribution is 2.15. The minimum atomic E-state index is 0.642. The highest BCUT2D eigenvalue weighted by atomic mass is 32.1. The van der Waals surface area contributed by atoms with Crippen LogP contribution in [-0.2, 0) is 0 Å². The third-order valence-corrected chi connectivity index (χ3v) is 2.70. The molecule has 78 valence electrons. The number of aromatic amines is 1. The molecule has 0 aliphatic heterocycles. The molecule has 0 saturated carbocycles. The molecule has 4 nitrogen and oxygen atoms in total. The zero-order valence-corrected chi connectivity index (χ0v) is 9.11. The van der Waals surface area contributed by atoms with Gasteiger partial charge in [-0.05, 0) is 29.7 Å². The van der Waals surface area contributed by atoms with Gasteiger partial charge in [-0.2, -0.15) is 4.37 Å². The maximum atomic E-state index is 4.00. The topological polar surface area (TPSA) is 54.5 Å². The standard InChI is InChI=1S/C11H8N4S/c1-2-4-10-8(3-1)7-9(12-10)5-6-11-13-15-16-14-11/h1-7,12H. The zero-order valence-electron chi connectivity index (χ0n) is 8.29. The van der Waals surface area contributed by atoms with E-state index >= 15 is 0 Å². The molecule has 0 aliphatic rings. The van der Waals surface area contributed by atoms with Gasteiger partial charge in [0.05, 0.1) is 11.7 Å². The van der Waals surface area contributed by atoms with Crippen molar-refractivity contribution in [1.82, 2.24) is 18.9 Å². The Morgan fingerprint density at radius 2 is 2.12 bits per heavy atom. The Labute approximate surface area is 96.0 Å². The Hall–Kier alpha value is -2.01. The van der Waals surface area contributed by atoms with Gasteiger partial charge in [-0.15, -0.1) is 5.10 Å². The first-order valence-electron chi connectivity index (χ1n) is 4.83. The fourth-order valence-corrected chi connectivity index (χ4v) is 1.89. The number of hydrogen-bond acceptors (Lipinski definition) is 4. The van der Waals surface area contributed by atoms with E-state index in [-0.39, 0.29) is 0 Å². The third-order valence-electron chi connectivity index (χ3n) is 2.28. The van der Waals surface area contributed by atoms with Gasteiger partial charge >= 0.3 is 0 Å². The number of benzene rings is 1. The summed E-state index contributed by atoms with van der Waals surface area (Å²) in [5, 5.41) is 5.04. The second-order valence-corrected chi connectivity index (χ2v) is 3.87. The summed E-state index contributed by atoms with van der Waals surface area (Å²) in [7, 11) is 0. The smallest absolute Gasteiger partial charge is 0.189 e. The van der Waals surface area contributed by atoms with Crippen LogP contribution in [0.5, 0.6) is 0 Å². The maximum absolute atomic E-state index is 4.00. The van der Waals surface area contributed by atoms with Gasteiger partial charge < -0.3 is 4.98 Å². The molecule has 1 N–H and O–H groups in total. The van der Waals surface area contributed by atoms with E-state index in [0.29, 0.717) is 5.82 Å². The largest absolute Gasteiger partial charge is 0.355 e. The zero-order chi connectivity index (χ0) is 10.8. The van der Waals surface area contributed by atoms with Gasteiger partial charge in [-0.25, -0.2) is 0 Å². The summed E-state index contributed by atoms with van der Waals surface area (Å²) >= 11 is 1.11. The molecule has 0 bridgehead atoms. The Morgan fingerprint density at radius 3 is 2.94 bits per heavy atom. The number of para-hydroxylation sites is 1. The van der Waals surface area contributed by atoms with Crippen LogP contribution >= 0.6 is 11.7 Å². The van der Waals surface area contributed by atoms with Crippen molar-refractivity contribution in [2.24, 2.45) is 0 Å². The molecule has 0 radical (unpaired) electrons. The van der Waals surface area contributed by atoms with Crippen LogP contribution in [0.4, 0.5) is 0 Å². The van der Waals surface area contributed by atoms with Crippen LogP contribution in [0.2, 0.25) is 0 Å². The minimum absolute atomic E-state index is 0.642. The molecule has 0 aliphatic carbocycles. The van der Waals surface area contributed by atoms with E-state index in [1.807, 2.05) is 24.3 Å². The number of H-pyrrole nitrogens is 1. The van der Waals surface area contributed by atoms with Crippen molar-refractivity contribution < 1.29 is 0 Å². The molecule has 2 heterocycles. The monoisotopic (exact) mass is 228 g/mol. The lowest BCUT2D eigenvalue weighted by molar-refractivity contribution is 1.11. The van der Waals surface area contributed by atoms with Gasteiger partial charge in [0.2, 0.25) is 0 Å². The van der Waals surface area contributed by atoms with Crippen molar-refractivity contribution >= 4 is 34.8 Å². The molecule has 0 saturated heterocycles. The van der Waals surface area contributed by atoms with Crippen LogP contribution in [0.15, 0.2) is 30.3 Å². The number of aromatic nitrogens is 4. The van der Waals surface area contributed by atoms with Crippen LogP contribution < -0.4 is 0 Å². The lowest BCUT2D eigenvalue weighted by atomic mass is 10.2. The Balaban J connectivity index is 1.95. The molecule has 1 aromatic carbocycles. The quantitative estimate of drug-likeness (QED) is 0.733. The molecular weight excluding hydrogens is 220 g/mol. The van der Waals surface area contributed by atoms with E-state index in [0.717, 1.165) is 22.9 Å². The second kappa shape index (κ2) is 3.86. The fraction of sp³-hybridized carbons (Fsp3) is 0. The summed E-state index contributed by atoms with van der Waals surface area (Å²) in [4.78, 5) is 3.30. The summed E-state index contributed by atoms with van der Waals surface area (Å²) in [6.45, 7) is 0. The Kier molecular flexibility index (Phi) is 2.23. The molecule has 0 unspecified atom stereocenters. The maximum Gasteiger partial charge on any atom is 0.189 e. The average molecular weight is 228 g/mol. The SMILES string of the molecule is C(=Cc1cc2ccccc2[nH]1)c1nnsn1. The van der Waals surface area contributed by atoms with Crippen molar-refractivity contribution in [3.05, 3.63) is 41.9 Å². The van der Waals surface area contributed by atoms with E-state index in [9.17, 15) is 0 Å². The third kappa shape index (κ3) is 1.72. The highest BCUT2D eigenvalue weighted by molar-refractivity contribution is 6.98. The predicted molar refractivity (Wildman–Crippen MR) is 64.9 cm³/mol. The molecule has 2 aromatic heterocycles. The molecule has 3 rings (SSSR count). The van der Waals surface area contributed by atoms with Crippen LogP contribution in [0.1, 0.15) is 11.5 Å². The summed E-state index contributed by atoms with van der Waals surface area (Å²) in [6.07, 6.45) is 3.79. The molecule has 0 fully saturated rings. The first-order chi connectivity index (χ1) is 7.92. The summed E-state index contributed by atoms with van der Waals surface area (Å²) in [5.74, 6) is 0.642. The fourth-order valence-electron chi connectivity index (χ4n) is 1.55. The van der Waals surface area contributed by atoms with Crippen LogP contribution in [0, 0.1) is 0 Å². The number of hydrogen-bond donors (Lipinski definition) is 1. The second-order valence-electron chi connectivity index (χ2n) is 3.36. The van der Waals surface area contributed by atoms with Crippen molar-refractivity contribution in [1.29, 1.82) is 0 Å². The normalized spacial score (nSPS) is 11.5. The lowest BCUT2D eigenvalue weighted by Crippen LogP contribution is -1.74. The molecule has 3 aromatic rings. The van der Waals surface area contributed by atoms with Crippen LogP contribution in [0.3, 0.4) is 0 Å².